The minimum Gasteiger partial charge on any atom is -0.289 e. The van der Waals surface area contributed by atoms with Crippen molar-refractivity contribution in [3.63, 3.8) is 0 Å². The molecule has 1 nitrogen and oxygen atoms in total. The summed E-state index contributed by atoms with van der Waals surface area (Å²) in [6.45, 7) is 2.15. The molecule has 0 atom stereocenters. The molecule has 0 fully saturated rings. The van der Waals surface area contributed by atoms with Crippen molar-refractivity contribution < 1.29 is 4.79 Å². The number of aryl methyl sites for hydroxylation is 1. The number of ketones is 1. The third kappa shape index (κ3) is 3.92. The summed E-state index contributed by atoms with van der Waals surface area (Å²) in [5, 5.41) is 0. The van der Waals surface area contributed by atoms with Gasteiger partial charge in [0.25, 0.3) is 0 Å². The van der Waals surface area contributed by atoms with E-state index in [2.05, 4.69) is 6.92 Å². The summed E-state index contributed by atoms with van der Waals surface area (Å²) < 4.78 is 0. The molecule has 0 N–H and O–H groups in total. The van der Waals surface area contributed by atoms with E-state index >= 15 is 0 Å². The number of allylic oxidation sites excluding steroid dienone is 1. The Labute approximate surface area is 114 Å². The van der Waals surface area contributed by atoms with Crippen molar-refractivity contribution in [2.24, 2.45) is 0 Å². The molecule has 0 saturated carbocycles. The molecule has 0 bridgehead atoms. The predicted octanol–water partition coefficient (Wildman–Crippen LogP) is 4.54. The molecule has 0 radical (unpaired) electrons. The smallest absolute Gasteiger partial charge is 0.185 e. The summed E-state index contributed by atoms with van der Waals surface area (Å²) in [4.78, 5) is 12.0. The van der Waals surface area contributed by atoms with E-state index in [4.69, 9.17) is 0 Å². The minimum atomic E-state index is 0.0481. The second kappa shape index (κ2) is 6.69. The van der Waals surface area contributed by atoms with Gasteiger partial charge in [-0.05, 0) is 23.6 Å². The fourth-order valence-corrected chi connectivity index (χ4v) is 1.96. The summed E-state index contributed by atoms with van der Waals surface area (Å²) >= 11 is 0. The average Bonchev–Trinajstić information content (AvgIpc) is 2.47. The molecule has 0 aromatic heterocycles. The van der Waals surface area contributed by atoms with Crippen LogP contribution in [-0.2, 0) is 6.42 Å². The maximum absolute atomic E-state index is 12.0. The van der Waals surface area contributed by atoms with Crippen molar-refractivity contribution >= 4 is 11.9 Å². The predicted molar refractivity (Wildman–Crippen MR) is 80.2 cm³/mol. The molecule has 0 aliphatic rings. The summed E-state index contributed by atoms with van der Waals surface area (Å²) in [5.74, 6) is 0.0481. The molecule has 0 spiro atoms. The van der Waals surface area contributed by atoms with Crippen LogP contribution < -0.4 is 0 Å². The summed E-state index contributed by atoms with van der Waals surface area (Å²) in [7, 11) is 0. The summed E-state index contributed by atoms with van der Waals surface area (Å²) in [6, 6.07) is 17.7. The van der Waals surface area contributed by atoms with E-state index in [1.165, 1.54) is 5.56 Å². The number of hydrogen-bond donors (Lipinski definition) is 0. The highest BCUT2D eigenvalue weighted by Gasteiger charge is 2.01. The van der Waals surface area contributed by atoms with Gasteiger partial charge in [0.15, 0.2) is 5.78 Å². The molecule has 96 valence electrons. The van der Waals surface area contributed by atoms with Crippen LogP contribution in [0.15, 0.2) is 60.7 Å². The Balaban J connectivity index is 2.05. The Morgan fingerprint density at radius 2 is 1.68 bits per heavy atom. The number of benzene rings is 2. The van der Waals surface area contributed by atoms with Crippen LogP contribution in [0.1, 0.15) is 34.8 Å². The largest absolute Gasteiger partial charge is 0.289 e. The molecule has 2 rings (SSSR count). The van der Waals surface area contributed by atoms with Crippen LogP contribution >= 0.6 is 0 Å². The van der Waals surface area contributed by atoms with Gasteiger partial charge >= 0.3 is 0 Å². The zero-order chi connectivity index (χ0) is 13.5. The third-order valence-corrected chi connectivity index (χ3v) is 3.00. The summed E-state index contributed by atoms with van der Waals surface area (Å²) in [5.41, 5.74) is 3.07. The Kier molecular flexibility index (Phi) is 4.68. The highest BCUT2D eigenvalue weighted by molar-refractivity contribution is 6.06. The van der Waals surface area contributed by atoms with Gasteiger partial charge in [0, 0.05) is 5.56 Å². The molecule has 2 aromatic rings. The number of carbonyl (C=O) groups is 1. The van der Waals surface area contributed by atoms with E-state index in [0.29, 0.717) is 0 Å². The van der Waals surface area contributed by atoms with Crippen molar-refractivity contribution in [1.82, 2.24) is 0 Å². The lowest BCUT2D eigenvalue weighted by molar-refractivity contribution is 0.104. The standard InChI is InChI=1S/C18H18O/c1-2-6-15-9-12-17(13-10-15)18(19)14-11-16-7-4-3-5-8-16/h3-5,7-14H,2,6H2,1H3/b14-11+. The average molecular weight is 250 g/mol. The maximum atomic E-state index is 12.0. The molecule has 0 aliphatic heterocycles. The first-order valence-electron chi connectivity index (χ1n) is 6.66. The second-order valence-electron chi connectivity index (χ2n) is 4.56. The zero-order valence-electron chi connectivity index (χ0n) is 11.2. The first-order chi connectivity index (χ1) is 9.29. The monoisotopic (exact) mass is 250 g/mol. The molecule has 0 amide bonds. The SMILES string of the molecule is CCCc1ccc(C(=O)/C=C/c2ccccc2)cc1. The van der Waals surface area contributed by atoms with Crippen molar-refractivity contribution in [3.8, 4) is 0 Å². The Morgan fingerprint density at radius 3 is 2.32 bits per heavy atom. The first kappa shape index (κ1) is 13.3. The molecule has 0 unspecified atom stereocenters. The van der Waals surface area contributed by atoms with Gasteiger partial charge in [-0.3, -0.25) is 4.79 Å². The lowest BCUT2D eigenvalue weighted by Crippen LogP contribution is -1.94. The highest BCUT2D eigenvalue weighted by Crippen LogP contribution is 2.09. The van der Waals surface area contributed by atoms with Crippen LogP contribution in [0, 0.1) is 0 Å². The first-order valence-corrected chi connectivity index (χ1v) is 6.66. The quantitative estimate of drug-likeness (QED) is 0.562. The normalized spacial score (nSPS) is 10.8. The van der Waals surface area contributed by atoms with Gasteiger partial charge in [0.2, 0.25) is 0 Å². The molecular weight excluding hydrogens is 232 g/mol. The maximum Gasteiger partial charge on any atom is 0.185 e. The van der Waals surface area contributed by atoms with Crippen LogP contribution in [0.25, 0.3) is 6.08 Å². The fraction of sp³-hybridized carbons (Fsp3) is 0.167. The van der Waals surface area contributed by atoms with Crippen LogP contribution in [-0.4, -0.2) is 5.78 Å². The van der Waals surface area contributed by atoms with Crippen LogP contribution in [0.2, 0.25) is 0 Å². The molecule has 0 heterocycles. The van der Waals surface area contributed by atoms with Gasteiger partial charge in [0.1, 0.15) is 0 Å². The van der Waals surface area contributed by atoms with Crippen LogP contribution in [0.3, 0.4) is 0 Å². The van der Waals surface area contributed by atoms with Crippen molar-refractivity contribution in [2.45, 2.75) is 19.8 Å². The number of hydrogen-bond acceptors (Lipinski definition) is 1. The number of carbonyl (C=O) groups excluding carboxylic acids is 1. The van der Waals surface area contributed by atoms with E-state index in [1.54, 1.807) is 6.08 Å². The van der Waals surface area contributed by atoms with Crippen molar-refractivity contribution in [3.05, 3.63) is 77.4 Å². The van der Waals surface area contributed by atoms with E-state index in [9.17, 15) is 4.79 Å². The van der Waals surface area contributed by atoms with Crippen molar-refractivity contribution in [2.75, 3.05) is 0 Å². The molecule has 1 heteroatoms. The molecular formula is C18H18O. The van der Waals surface area contributed by atoms with Gasteiger partial charge in [-0.1, -0.05) is 74.0 Å². The lowest BCUT2D eigenvalue weighted by Gasteiger charge is -2.00. The molecule has 19 heavy (non-hydrogen) atoms. The van der Waals surface area contributed by atoms with Crippen LogP contribution in [0.5, 0.6) is 0 Å². The molecule has 2 aromatic carbocycles. The topological polar surface area (TPSA) is 17.1 Å². The Bertz CT molecular complexity index is 550. The number of rotatable bonds is 5. The molecule has 0 aliphatic carbocycles. The second-order valence-corrected chi connectivity index (χ2v) is 4.56. The van der Waals surface area contributed by atoms with Crippen molar-refractivity contribution in [1.29, 1.82) is 0 Å². The van der Waals surface area contributed by atoms with Gasteiger partial charge in [-0.15, -0.1) is 0 Å². The zero-order valence-corrected chi connectivity index (χ0v) is 11.2. The van der Waals surface area contributed by atoms with Gasteiger partial charge < -0.3 is 0 Å². The van der Waals surface area contributed by atoms with Gasteiger partial charge in [0.05, 0.1) is 0 Å². The fourth-order valence-electron chi connectivity index (χ4n) is 1.96. The van der Waals surface area contributed by atoms with Crippen LogP contribution in [0.4, 0.5) is 0 Å². The van der Waals surface area contributed by atoms with E-state index < -0.39 is 0 Å². The minimum absolute atomic E-state index is 0.0481. The Hall–Kier alpha value is -2.15. The van der Waals surface area contributed by atoms with E-state index in [-0.39, 0.29) is 5.78 Å². The third-order valence-electron chi connectivity index (χ3n) is 3.00. The lowest BCUT2D eigenvalue weighted by atomic mass is 10.0. The van der Waals surface area contributed by atoms with Gasteiger partial charge in [-0.2, -0.15) is 0 Å². The highest BCUT2D eigenvalue weighted by atomic mass is 16.1. The van der Waals surface area contributed by atoms with E-state index in [1.807, 2.05) is 60.7 Å². The van der Waals surface area contributed by atoms with E-state index in [0.717, 1.165) is 24.0 Å². The summed E-state index contributed by atoms with van der Waals surface area (Å²) in [6.07, 6.45) is 5.67. The molecule has 0 saturated heterocycles. The van der Waals surface area contributed by atoms with Gasteiger partial charge in [-0.25, -0.2) is 0 Å². The Morgan fingerprint density at radius 1 is 1.00 bits per heavy atom.